The average Bonchev–Trinajstić information content (AvgIpc) is 2.58. The molecule has 1 aliphatic carbocycles. The first kappa shape index (κ1) is 17.5. The first-order chi connectivity index (χ1) is 11.5. The van der Waals surface area contributed by atoms with Crippen LogP contribution in [0.4, 0.5) is 0 Å². The number of nitrogens with one attached hydrogen (secondary N) is 1. The zero-order chi connectivity index (χ0) is 17.1. The van der Waals surface area contributed by atoms with E-state index in [1.807, 2.05) is 25.1 Å². The van der Waals surface area contributed by atoms with Crippen LogP contribution in [0.3, 0.4) is 0 Å². The lowest BCUT2D eigenvalue weighted by atomic mass is 9.78. The second-order valence-corrected chi connectivity index (χ2v) is 8.36. The summed E-state index contributed by atoms with van der Waals surface area (Å²) in [5, 5.41) is 3.14. The molecule has 1 N–H and O–H groups in total. The highest BCUT2D eigenvalue weighted by atomic mass is 32.2. The van der Waals surface area contributed by atoms with Gasteiger partial charge in [0, 0.05) is 10.9 Å². The molecule has 1 aromatic carbocycles. The van der Waals surface area contributed by atoms with Gasteiger partial charge in [0.15, 0.2) is 11.5 Å². The monoisotopic (exact) mass is 349 g/mol. The SMILES string of the molecule is C[C@@H]1[C@H](C)CCC[C@@H]1NC(=O)[C@@H](C)Sc1ccc2c(c1)OCCO2. The molecule has 0 bridgehead atoms. The van der Waals surface area contributed by atoms with Crippen LogP contribution in [0.2, 0.25) is 0 Å². The zero-order valence-electron chi connectivity index (χ0n) is 14.7. The van der Waals surface area contributed by atoms with Crippen LogP contribution in [0.15, 0.2) is 23.1 Å². The minimum Gasteiger partial charge on any atom is -0.486 e. The fourth-order valence-corrected chi connectivity index (χ4v) is 4.35. The quantitative estimate of drug-likeness (QED) is 0.838. The van der Waals surface area contributed by atoms with E-state index in [9.17, 15) is 4.79 Å². The van der Waals surface area contributed by atoms with Gasteiger partial charge >= 0.3 is 0 Å². The zero-order valence-corrected chi connectivity index (χ0v) is 15.5. The van der Waals surface area contributed by atoms with Gasteiger partial charge in [-0.15, -0.1) is 11.8 Å². The fourth-order valence-electron chi connectivity index (χ4n) is 3.44. The molecule has 0 spiro atoms. The molecular weight excluding hydrogens is 322 g/mol. The van der Waals surface area contributed by atoms with E-state index < -0.39 is 0 Å². The van der Waals surface area contributed by atoms with Crippen molar-refractivity contribution in [2.24, 2.45) is 11.8 Å². The molecule has 0 aromatic heterocycles. The van der Waals surface area contributed by atoms with Crippen molar-refractivity contribution in [3.8, 4) is 11.5 Å². The average molecular weight is 349 g/mol. The van der Waals surface area contributed by atoms with Gasteiger partial charge in [-0.2, -0.15) is 0 Å². The Bertz CT molecular complexity index is 592. The number of carbonyl (C=O) groups excluding carboxylic acids is 1. The van der Waals surface area contributed by atoms with Gasteiger partial charge in [0.05, 0.1) is 5.25 Å². The van der Waals surface area contributed by atoms with Crippen molar-refractivity contribution in [2.75, 3.05) is 13.2 Å². The van der Waals surface area contributed by atoms with E-state index in [0.29, 0.717) is 31.1 Å². The van der Waals surface area contributed by atoms with E-state index in [0.717, 1.165) is 22.8 Å². The Morgan fingerprint density at radius 3 is 2.75 bits per heavy atom. The molecule has 1 heterocycles. The van der Waals surface area contributed by atoms with Crippen LogP contribution in [0.25, 0.3) is 0 Å². The Kier molecular flexibility index (Phi) is 5.59. The maximum absolute atomic E-state index is 12.6. The fraction of sp³-hybridized carbons (Fsp3) is 0.632. The van der Waals surface area contributed by atoms with Gasteiger partial charge < -0.3 is 14.8 Å². The first-order valence-electron chi connectivity index (χ1n) is 8.91. The summed E-state index contributed by atoms with van der Waals surface area (Å²) >= 11 is 1.57. The topological polar surface area (TPSA) is 47.6 Å². The van der Waals surface area contributed by atoms with Crippen molar-refractivity contribution in [3.63, 3.8) is 0 Å². The molecule has 24 heavy (non-hydrogen) atoms. The van der Waals surface area contributed by atoms with Crippen molar-refractivity contribution in [1.29, 1.82) is 0 Å². The summed E-state index contributed by atoms with van der Waals surface area (Å²) in [5.41, 5.74) is 0. The third-order valence-electron chi connectivity index (χ3n) is 5.23. The third-order valence-corrected chi connectivity index (χ3v) is 6.32. The Morgan fingerprint density at radius 2 is 1.96 bits per heavy atom. The van der Waals surface area contributed by atoms with Gasteiger partial charge in [-0.05, 0) is 43.4 Å². The van der Waals surface area contributed by atoms with Gasteiger partial charge in [0.1, 0.15) is 13.2 Å². The van der Waals surface area contributed by atoms with Crippen LogP contribution < -0.4 is 14.8 Å². The summed E-state index contributed by atoms with van der Waals surface area (Å²) in [4.78, 5) is 13.6. The molecule has 132 valence electrons. The number of rotatable bonds is 4. The highest BCUT2D eigenvalue weighted by Crippen LogP contribution is 2.36. The summed E-state index contributed by atoms with van der Waals surface area (Å²) in [6.07, 6.45) is 3.58. The molecule has 1 aliphatic heterocycles. The van der Waals surface area contributed by atoms with E-state index >= 15 is 0 Å². The minimum absolute atomic E-state index is 0.126. The molecule has 3 rings (SSSR count). The molecule has 1 amide bonds. The van der Waals surface area contributed by atoms with Gasteiger partial charge in [0.2, 0.25) is 5.91 Å². The van der Waals surface area contributed by atoms with Gasteiger partial charge in [-0.1, -0.05) is 26.7 Å². The van der Waals surface area contributed by atoms with Crippen LogP contribution in [-0.2, 0) is 4.79 Å². The highest BCUT2D eigenvalue weighted by Gasteiger charge is 2.29. The predicted octanol–water partition coefficient (Wildman–Crippen LogP) is 3.88. The summed E-state index contributed by atoms with van der Waals surface area (Å²) < 4.78 is 11.2. The Morgan fingerprint density at radius 1 is 1.21 bits per heavy atom. The number of benzene rings is 1. The molecule has 4 nitrogen and oxygen atoms in total. The highest BCUT2D eigenvalue weighted by molar-refractivity contribution is 8.00. The van der Waals surface area contributed by atoms with Crippen LogP contribution in [-0.4, -0.2) is 30.4 Å². The molecule has 1 fully saturated rings. The second kappa shape index (κ2) is 7.68. The van der Waals surface area contributed by atoms with E-state index in [1.54, 1.807) is 11.8 Å². The molecular formula is C19H27NO3S. The van der Waals surface area contributed by atoms with E-state index in [1.165, 1.54) is 12.8 Å². The van der Waals surface area contributed by atoms with Crippen LogP contribution in [0.1, 0.15) is 40.0 Å². The van der Waals surface area contributed by atoms with Crippen LogP contribution >= 0.6 is 11.8 Å². The van der Waals surface area contributed by atoms with E-state index in [4.69, 9.17) is 9.47 Å². The maximum atomic E-state index is 12.6. The lowest BCUT2D eigenvalue weighted by Gasteiger charge is -2.35. The van der Waals surface area contributed by atoms with Gasteiger partial charge in [0.25, 0.3) is 0 Å². The van der Waals surface area contributed by atoms with Gasteiger partial charge in [-0.3, -0.25) is 4.79 Å². The first-order valence-corrected chi connectivity index (χ1v) is 9.79. The standard InChI is InChI=1S/C19H27NO3S/c1-12-5-4-6-16(13(12)2)20-19(21)14(3)24-15-7-8-17-18(11-15)23-10-9-22-17/h7-8,11-14,16H,4-6,9-10H2,1-3H3,(H,20,21)/t12-,13-,14-,16+/m1/s1. The molecule has 0 radical (unpaired) electrons. The molecule has 2 aliphatic rings. The van der Waals surface area contributed by atoms with Crippen LogP contribution in [0, 0.1) is 11.8 Å². The molecule has 5 heteroatoms. The molecule has 1 saturated carbocycles. The van der Waals surface area contributed by atoms with Crippen LogP contribution in [0.5, 0.6) is 11.5 Å². The molecule has 0 saturated heterocycles. The predicted molar refractivity (Wildman–Crippen MR) is 96.9 cm³/mol. The molecule has 0 unspecified atom stereocenters. The Hall–Kier alpha value is -1.36. The number of ether oxygens (including phenoxy) is 2. The smallest absolute Gasteiger partial charge is 0.233 e. The summed E-state index contributed by atoms with van der Waals surface area (Å²) in [6, 6.07) is 6.19. The summed E-state index contributed by atoms with van der Waals surface area (Å²) in [5.74, 6) is 2.92. The van der Waals surface area contributed by atoms with E-state index in [-0.39, 0.29) is 11.2 Å². The van der Waals surface area contributed by atoms with Gasteiger partial charge in [-0.25, -0.2) is 0 Å². The normalized spacial score (nSPS) is 27.4. The van der Waals surface area contributed by atoms with Crippen molar-refractivity contribution in [1.82, 2.24) is 5.32 Å². The third kappa shape index (κ3) is 4.00. The van der Waals surface area contributed by atoms with E-state index in [2.05, 4.69) is 19.2 Å². The van der Waals surface area contributed by atoms with Crippen molar-refractivity contribution < 1.29 is 14.3 Å². The van der Waals surface area contributed by atoms with Crippen molar-refractivity contribution in [3.05, 3.63) is 18.2 Å². The van der Waals surface area contributed by atoms with Crippen molar-refractivity contribution >= 4 is 17.7 Å². The number of amides is 1. The van der Waals surface area contributed by atoms with Crippen molar-refractivity contribution in [2.45, 2.75) is 56.2 Å². The number of carbonyl (C=O) groups is 1. The largest absolute Gasteiger partial charge is 0.486 e. The Labute approximate surface area is 148 Å². The Balaban J connectivity index is 1.58. The maximum Gasteiger partial charge on any atom is 0.233 e. The molecule has 4 atom stereocenters. The number of hydrogen-bond acceptors (Lipinski definition) is 4. The molecule has 1 aromatic rings. The number of thioether (sulfide) groups is 1. The number of fused-ring (bicyclic) bond motifs is 1. The lowest BCUT2D eigenvalue weighted by Crippen LogP contribution is -2.46. The lowest BCUT2D eigenvalue weighted by molar-refractivity contribution is -0.121. The second-order valence-electron chi connectivity index (χ2n) is 6.95. The number of hydrogen-bond donors (Lipinski definition) is 1. The summed E-state index contributed by atoms with van der Waals surface area (Å²) in [7, 11) is 0. The minimum atomic E-state index is -0.128. The summed E-state index contributed by atoms with van der Waals surface area (Å²) in [6.45, 7) is 7.68.